The molecule has 1 aliphatic rings. The molecule has 0 amide bonds. The van der Waals surface area contributed by atoms with Crippen molar-refractivity contribution in [1.29, 1.82) is 5.26 Å². The van der Waals surface area contributed by atoms with Crippen LogP contribution in [0.25, 0.3) is 0 Å². The maximum Gasteiger partial charge on any atom is 0.143 e. The van der Waals surface area contributed by atoms with E-state index in [1.54, 1.807) is 6.07 Å². The Balaban J connectivity index is 2.34. The summed E-state index contributed by atoms with van der Waals surface area (Å²) in [6.07, 6.45) is 5.74. The van der Waals surface area contributed by atoms with Crippen molar-refractivity contribution in [2.24, 2.45) is 0 Å². The summed E-state index contributed by atoms with van der Waals surface area (Å²) in [5.74, 6) is -0.407. The molecule has 1 aliphatic heterocycles. The SMILES string of the molecule is CCCC1CCCCN1c1cccc(F)c1C#N. The topological polar surface area (TPSA) is 27.0 Å². The van der Waals surface area contributed by atoms with Gasteiger partial charge in [-0.1, -0.05) is 19.4 Å². The van der Waals surface area contributed by atoms with Crippen LogP contribution in [0, 0.1) is 17.1 Å². The van der Waals surface area contributed by atoms with Crippen LogP contribution in [0.5, 0.6) is 0 Å². The normalized spacial score (nSPS) is 19.6. The van der Waals surface area contributed by atoms with Crippen LogP contribution in [-0.2, 0) is 0 Å². The zero-order valence-corrected chi connectivity index (χ0v) is 10.8. The first-order valence-corrected chi connectivity index (χ1v) is 6.73. The molecule has 0 saturated carbocycles. The van der Waals surface area contributed by atoms with Crippen LogP contribution in [0.3, 0.4) is 0 Å². The number of nitrogens with zero attached hydrogens (tertiary/aromatic N) is 2. The van der Waals surface area contributed by atoms with Crippen molar-refractivity contribution in [2.45, 2.75) is 45.1 Å². The Hall–Kier alpha value is -1.56. The van der Waals surface area contributed by atoms with E-state index in [9.17, 15) is 4.39 Å². The fraction of sp³-hybridized carbons (Fsp3) is 0.533. The van der Waals surface area contributed by atoms with Gasteiger partial charge >= 0.3 is 0 Å². The zero-order valence-electron chi connectivity index (χ0n) is 10.8. The van der Waals surface area contributed by atoms with Crippen LogP contribution in [-0.4, -0.2) is 12.6 Å². The van der Waals surface area contributed by atoms with E-state index in [4.69, 9.17) is 5.26 Å². The van der Waals surface area contributed by atoms with Gasteiger partial charge in [-0.25, -0.2) is 4.39 Å². The molecule has 96 valence electrons. The molecule has 0 aliphatic carbocycles. The summed E-state index contributed by atoms with van der Waals surface area (Å²) in [6.45, 7) is 3.10. The number of piperidine rings is 1. The van der Waals surface area contributed by atoms with Gasteiger partial charge in [-0.05, 0) is 37.8 Å². The molecular formula is C15H19FN2. The van der Waals surface area contributed by atoms with Crippen molar-refractivity contribution < 1.29 is 4.39 Å². The number of hydrogen-bond donors (Lipinski definition) is 0. The summed E-state index contributed by atoms with van der Waals surface area (Å²) < 4.78 is 13.7. The van der Waals surface area contributed by atoms with Gasteiger partial charge in [0, 0.05) is 12.6 Å². The fourth-order valence-corrected chi connectivity index (χ4v) is 2.81. The molecule has 1 saturated heterocycles. The van der Waals surface area contributed by atoms with Gasteiger partial charge < -0.3 is 4.90 Å². The van der Waals surface area contributed by atoms with Crippen LogP contribution < -0.4 is 4.90 Å². The summed E-state index contributed by atoms with van der Waals surface area (Å²) in [4.78, 5) is 2.23. The second-order valence-corrected chi connectivity index (χ2v) is 4.88. The smallest absolute Gasteiger partial charge is 0.143 e. The summed E-state index contributed by atoms with van der Waals surface area (Å²) in [5.41, 5.74) is 0.969. The minimum Gasteiger partial charge on any atom is -0.367 e. The lowest BCUT2D eigenvalue weighted by Crippen LogP contribution is -2.40. The predicted octanol–water partition coefficient (Wildman–Crippen LogP) is 3.86. The molecule has 2 nitrogen and oxygen atoms in total. The van der Waals surface area contributed by atoms with E-state index in [1.807, 2.05) is 12.1 Å². The quantitative estimate of drug-likeness (QED) is 0.809. The van der Waals surface area contributed by atoms with E-state index < -0.39 is 5.82 Å². The summed E-state index contributed by atoms with van der Waals surface area (Å²) >= 11 is 0. The molecule has 18 heavy (non-hydrogen) atoms. The third kappa shape index (κ3) is 2.48. The summed E-state index contributed by atoms with van der Waals surface area (Å²) in [5, 5.41) is 9.13. The lowest BCUT2D eigenvalue weighted by atomic mass is 9.96. The third-order valence-electron chi connectivity index (χ3n) is 3.66. The van der Waals surface area contributed by atoms with E-state index in [0.29, 0.717) is 6.04 Å². The van der Waals surface area contributed by atoms with Gasteiger partial charge in [-0.3, -0.25) is 0 Å². The number of halogens is 1. The van der Waals surface area contributed by atoms with Crippen LogP contribution in [0.1, 0.15) is 44.6 Å². The fourth-order valence-electron chi connectivity index (χ4n) is 2.81. The van der Waals surface area contributed by atoms with E-state index in [-0.39, 0.29) is 5.56 Å². The molecule has 0 N–H and O–H groups in total. The standard InChI is InChI=1S/C15H19FN2/c1-2-6-12-7-3-4-10-18(12)15-9-5-8-14(16)13(15)11-17/h5,8-9,12H,2-4,6-7,10H2,1H3. The van der Waals surface area contributed by atoms with Gasteiger partial charge in [0.2, 0.25) is 0 Å². The van der Waals surface area contributed by atoms with Crippen molar-refractivity contribution in [3.8, 4) is 6.07 Å². The lowest BCUT2D eigenvalue weighted by molar-refractivity contribution is 0.434. The second kappa shape index (κ2) is 5.86. The van der Waals surface area contributed by atoms with E-state index in [1.165, 1.54) is 12.5 Å². The highest BCUT2D eigenvalue weighted by Gasteiger charge is 2.24. The molecule has 0 bridgehead atoms. The Morgan fingerprint density at radius 3 is 3.00 bits per heavy atom. The molecule has 1 aromatic rings. The molecule has 0 aromatic heterocycles. The monoisotopic (exact) mass is 246 g/mol. The van der Waals surface area contributed by atoms with Gasteiger partial charge in [-0.15, -0.1) is 0 Å². The highest BCUT2D eigenvalue weighted by Crippen LogP contribution is 2.30. The molecule has 3 heteroatoms. The van der Waals surface area contributed by atoms with Crippen molar-refractivity contribution in [3.05, 3.63) is 29.6 Å². The molecule has 1 fully saturated rings. The van der Waals surface area contributed by atoms with Crippen LogP contribution in [0.4, 0.5) is 10.1 Å². The van der Waals surface area contributed by atoms with Crippen LogP contribution in [0.15, 0.2) is 18.2 Å². The predicted molar refractivity (Wildman–Crippen MR) is 71.0 cm³/mol. The van der Waals surface area contributed by atoms with Gasteiger partial charge in [0.25, 0.3) is 0 Å². The van der Waals surface area contributed by atoms with Gasteiger partial charge in [-0.2, -0.15) is 5.26 Å². The first-order chi connectivity index (χ1) is 8.77. The van der Waals surface area contributed by atoms with Crippen molar-refractivity contribution in [1.82, 2.24) is 0 Å². The Morgan fingerprint density at radius 2 is 2.28 bits per heavy atom. The maximum atomic E-state index is 13.7. The zero-order chi connectivity index (χ0) is 13.0. The highest BCUT2D eigenvalue weighted by atomic mass is 19.1. The van der Waals surface area contributed by atoms with Crippen molar-refractivity contribution in [2.75, 3.05) is 11.4 Å². The van der Waals surface area contributed by atoms with E-state index in [2.05, 4.69) is 11.8 Å². The molecule has 2 rings (SSSR count). The average molecular weight is 246 g/mol. The number of benzene rings is 1. The Morgan fingerprint density at radius 1 is 1.44 bits per heavy atom. The van der Waals surface area contributed by atoms with Crippen LogP contribution >= 0.6 is 0 Å². The lowest BCUT2D eigenvalue weighted by Gasteiger charge is -2.38. The van der Waals surface area contributed by atoms with Gasteiger partial charge in [0.15, 0.2) is 0 Å². The Bertz CT molecular complexity index is 448. The number of nitriles is 1. The molecule has 1 heterocycles. The summed E-state index contributed by atoms with van der Waals surface area (Å²) in [6, 6.07) is 7.39. The van der Waals surface area contributed by atoms with E-state index in [0.717, 1.165) is 37.9 Å². The maximum absolute atomic E-state index is 13.7. The third-order valence-corrected chi connectivity index (χ3v) is 3.66. The highest BCUT2D eigenvalue weighted by molar-refractivity contribution is 5.60. The molecule has 1 aromatic carbocycles. The number of anilines is 1. The van der Waals surface area contributed by atoms with Gasteiger partial charge in [0.1, 0.15) is 17.4 Å². The largest absolute Gasteiger partial charge is 0.367 e. The molecular weight excluding hydrogens is 227 g/mol. The minimum absolute atomic E-state index is 0.195. The second-order valence-electron chi connectivity index (χ2n) is 4.88. The number of hydrogen-bond acceptors (Lipinski definition) is 2. The van der Waals surface area contributed by atoms with Gasteiger partial charge in [0.05, 0.1) is 5.69 Å². The molecule has 1 unspecified atom stereocenters. The van der Waals surface area contributed by atoms with E-state index >= 15 is 0 Å². The minimum atomic E-state index is -0.407. The Kier molecular flexibility index (Phi) is 4.19. The van der Waals surface area contributed by atoms with Crippen LogP contribution in [0.2, 0.25) is 0 Å². The number of rotatable bonds is 3. The first kappa shape index (κ1) is 12.9. The first-order valence-electron chi connectivity index (χ1n) is 6.73. The summed E-state index contributed by atoms with van der Waals surface area (Å²) in [7, 11) is 0. The Labute approximate surface area is 108 Å². The molecule has 1 atom stereocenters. The van der Waals surface area contributed by atoms with Crippen molar-refractivity contribution >= 4 is 5.69 Å². The van der Waals surface area contributed by atoms with Crippen molar-refractivity contribution in [3.63, 3.8) is 0 Å². The molecule has 0 radical (unpaired) electrons. The molecule has 0 spiro atoms. The average Bonchev–Trinajstić information content (AvgIpc) is 2.39.